The van der Waals surface area contributed by atoms with Crippen molar-refractivity contribution in [3.05, 3.63) is 35.1 Å². The van der Waals surface area contributed by atoms with Gasteiger partial charge in [0.15, 0.2) is 0 Å². The molecule has 88 valence electrons. The number of carbonyl (C=O) groups excluding carboxylic acids is 1. The number of alkyl halides is 1. The number of rotatable bonds is 4. The molecule has 0 bridgehead atoms. The maximum Gasteiger partial charge on any atom is 0.254 e. The number of hydrogen-bond donors (Lipinski definition) is 1. The van der Waals surface area contributed by atoms with Crippen LogP contribution in [0.3, 0.4) is 0 Å². The van der Waals surface area contributed by atoms with E-state index >= 15 is 0 Å². The van der Waals surface area contributed by atoms with E-state index in [1.54, 1.807) is 19.1 Å². The summed E-state index contributed by atoms with van der Waals surface area (Å²) in [5.41, 5.74) is 0.537. The van der Waals surface area contributed by atoms with Crippen molar-refractivity contribution in [1.29, 1.82) is 0 Å². The molecule has 0 fully saturated rings. The number of halogens is 2. The molecule has 0 radical (unpaired) electrons. The lowest BCUT2D eigenvalue weighted by Crippen LogP contribution is -2.36. The molecule has 1 aromatic carbocycles. The highest BCUT2D eigenvalue weighted by molar-refractivity contribution is 6.18. The molecule has 1 aromatic rings. The minimum atomic E-state index is -0.468. The van der Waals surface area contributed by atoms with E-state index in [0.29, 0.717) is 11.4 Å². The van der Waals surface area contributed by atoms with Crippen LogP contribution in [0.1, 0.15) is 29.3 Å². The molecule has 0 spiro atoms. The number of carbonyl (C=O) groups is 1. The molecule has 1 unspecified atom stereocenters. The van der Waals surface area contributed by atoms with Crippen LogP contribution in [-0.4, -0.2) is 17.8 Å². The number of amides is 1. The molecule has 0 saturated heterocycles. The summed E-state index contributed by atoms with van der Waals surface area (Å²) in [5.74, 6) is -0.548. The van der Waals surface area contributed by atoms with Gasteiger partial charge < -0.3 is 5.32 Å². The first-order valence-electron chi connectivity index (χ1n) is 5.22. The van der Waals surface area contributed by atoms with Crippen LogP contribution in [0.4, 0.5) is 4.39 Å². The Morgan fingerprint density at radius 1 is 1.56 bits per heavy atom. The van der Waals surface area contributed by atoms with Crippen LogP contribution in [0.15, 0.2) is 18.2 Å². The van der Waals surface area contributed by atoms with Crippen molar-refractivity contribution in [2.75, 3.05) is 5.88 Å². The summed E-state index contributed by atoms with van der Waals surface area (Å²) in [7, 11) is 0. The molecular formula is C12H15ClFNO. The van der Waals surface area contributed by atoms with E-state index in [0.717, 1.165) is 6.42 Å². The second-order valence-corrected chi connectivity index (χ2v) is 3.98. The van der Waals surface area contributed by atoms with Crippen molar-refractivity contribution in [1.82, 2.24) is 5.32 Å². The van der Waals surface area contributed by atoms with Crippen LogP contribution in [-0.2, 0) is 0 Å². The molecule has 2 nitrogen and oxygen atoms in total. The summed E-state index contributed by atoms with van der Waals surface area (Å²) >= 11 is 5.66. The van der Waals surface area contributed by atoms with Gasteiger partial charge >= 0.3 is 0 Å². The highest BCUT2D eigenvalue weighted by atomic mass is 35.5. The average molecular weight is 244 g/mol. The summed E-state index contributed by atoms with van der Waals surface area (Å²) in [5, 5.41) is 2.69. The fraction of sp³-hybridized carbons (Fsp3) is 0.417. The Labute approximate surface area is 99.8 Å². The first-order valence-corrected chi connectivity index (χ1v) is 5.75. The zero-order valence-corrected chi connectivity index (χ0v) is 10.1. The summed E-state index contributed by atoms with van der Waals surface area (Å²) in [6, 6.07) is 4.65. The Morgan fingerprint density at radius 3 is 2.81 bits per heavy atom. The zero-order valence-electron chi connectivity index (χ0n) is 9.39. The lowest BCUT2D eigenvalue weighted by molar-refractivity contribution is 0.0935. The molecular weight excluding hydrogens is 229 g/mol. The van der Waals surface area contributed by atoms with Gasteiger partial charge in [-0.3, -0.25) is 4.79 Å². The summed E-state index contributed by atoms with van der Waals surface area (Å²) < 4.78 is 13.6. The largest absolute Gasteiger partial charge is 0.348 e. The van der Waals surface area contributed by atoms with Crippen LogP contribution in [0.2, 0.25) is 0 Å². The predicted octanol–water partition coefficient (Wildman–Crippen LogP) is 2.88. The average Bonchev–Trinajstić information content (AvgIpc) is 2.29. The van der Waals surface area contributed by atoms with E-state index in [1.165, 1.54) is 6.07 Å². The highest BCUT2D eigenvalue weighted by Gasteiger charge is 2.15. The monoisotopic (exact) mass is 243 g/mol. The summed E-state index contributed by atoms with van der Waals surface area (Å²) in [6.07, 6.45) is 0.725. The minimum Gasteiger partial charge on any atom is -0.348 e. The van der Waals surface area contributed by atoms with Gasteiger partial charge in [0.05, 0.1) is 5.56 Å². The molecule has 0 heterocycles. The Bertz CT molecular complexity index is 377. The smallest absolute Gasteiger partial charge is 0.254 e. The molecule has 0 aliphatic heterocycles. The first-order chi connectivity index (χ1) is 7.60. The predicted molar refractivity (Wildman–Crippen MR) is 63.4 cm³/mol. The third kappa shape index (κ3) is 2.95. The maximum absolute atomic E-state index is 13.6. The van der Waals surface area contributed by atoms with E-state index in [4.69, 9.17) is 11.6 Å². The van der Waals surface area contributed by atoms with Crippen molar-refractivity contribution in [2.45, 2.75) is 26.3 Å². The van der Waals surface area contributed by atoms with Gasteiger partial charge in [0.2, 0.25) is 0 Å². The van der Waals surface area contributed by atoms with E-state index in [9.17, 15) is 9.18 Å². The molecule has 16 heavy (non-hydrogen) atoms. The zero-order chi connectivity index (χ0) is 12.1. The topological polar surface area (TPSA) is 29.1 Å². The summed E-state index contributed by atoms with van der Waals surface area (Å²) in [4.78, 5) is 11.7. The lowest BCUT2D eigenvalue weighted by atomic mass is 10.1. The maximum atomic E-state index is 13.6. The molecule has 1 N–H and O–H groups in total. The van der Waals surface area contributed by atoms with Gasteiger partial charge in [-0.1, -0.05) is 19.1 Å². The van der Waals surface area contributed by atoms with Gasteiger partial charge in [0, 0.05) is 11.9 Å². The number of hydrogen-bond acceptors (Lipinski definition) is 1. The second-order valence-electron chi connectivity index (χ2n) is 3.67. The van der Waals surface area contributed by atoms with Crippen molar-refractivity contribution < 1.29 is 9.18 Å². The molecule has 0 aromatic heterocycles. The molecule has 1 amide bonds. The van der Waals surface area contributed by atoms with E-state index in [1.807, 2.05) is 6.92 Å². The van der Waals surface area contributed by atoms with Crippen LogP contribution in [0, 0.1) is 12.7 Å². The number of nitrogens with one attached hydrogen (secondary N) is 1. The van der Waals surface area contributed by atoms with Crippen molar-refractivity contribution in [3.63, 3.8) is 0 Å². The Hall–Kier alpha value is -1.09. The molecule has 1 rings (SSSR count). The second kappa shape index (κ2) is 5.85. The fourth-order valence-corrected chi connectivity index (χ4v) is 1.63. The molecule has 1 atom stereocenters. The Balaban J connectivity index is 2.84. The first kappa shape index (κ1) is 13.0. The van der Waals surface area contributed by atoms with Gasteiger partial charge in [-0.25, -0.2) is 4.39 Å². The molecule has 0 aliphatic rings. The Morgan fingerprint density at radius 2 is 2.25 bits per heavy atom. The summed E-state index contributed by atoms with van der Waals surface area (Å²) in [6.45, 7) is 3.55. The van der Waals surface area contributed by atoms with Gasteiger partial charge in [-0.2, -0.15) is 0 Å². The lowest BCUT2D eigenvalue weighted by Gasteiger charge is -2.14. The van der Waals surface area contributed by atoms with Crippen LogP contribution < -0.4 is 5.32 Å². The van der Waals surface area contributed by atoms with Crippen molar-refractivity contribution in [2.24, 2.45) is 0 Å². The molecule has 4 heteroatoms. The van der Waals surface area contributed by atoms with Crippen LogP contribution in [0.25, 0.3) is 0 Å². The number of aryl methyl sites for hydroxylation is 1. The molecule has 0 aliphatic carbocycles. The third-order valence-electron chi connectivity index (χ3n) is 2.45. The standard InChI is InChI=1S/C12H15ClFNO/c1-3-9(7-13)15-12(16)10-6-4-5-8(2)11(10)14/h4-6,9H,3,7H2,1-2H3,(H,15,16). The van der Waals surface area contributed by atoms with Crippen molar-refractivity contribution >= 4 is 17.5 Å². The van der Waals surface area contributed by atoms with Crippen molar-refractivity contribution in [3.8, 4) is 0 Å². The van der Waals surface area contributed by atoms with Gasteiger partial charge in [0.25, 0.3) is 5.91 Å². The Kier molecular flexibility index (Phi) is 4.74. The third-order valence-corrected chi connectivity index (χ3v) is 2.82. The van der Waals surface area contributed by atoms with Gasteiger partial charge in [-0.05, 0) is 25.0 Å². The number of benzene rings is 1. The minimum absolute atomic E-state index is 0.0727. The van der Waals surface area contributed by atoms with Crippen LogP contribution in [0.5, 0.6) is 0 Å². The SMILES string of the molecule is CCC(CCl)NC(=O)c1cccc(C)c1F. The van der Waals surface area contributed by atoms with Gasteiger partial charge in [0.1, 0.15) is 5.82 Å². The van der Waals surface area contributed by atoms with E-state index < -0.39 is 11.7 Å². The normalized spacial score (nSPS) is 12.2. The van der Waals surface area contributed by atoms with Crippen LogP contribution >= 0.6 is 11.6 Å². The fourth-order valence-electron chi connectivity index (χ4n) is 1.34. The van der Waals surface area contributed by atoms with Gasteiger partial charge in [-0.15, -0.1) is 11.6 Å². The molecule has 0 saturated carbocycles. The van der Waals surface area contributed by atoms with E-state index in [2.05, 4.69) is 5.32 Å². The quantitative estimate of drug-likeness (QED) is 0.810. The van der Waals surface area contributed by atoms with E-state index in [-0.39, 0.29) is 11.6 Å². The highest BCUT2D eigenvalue weighted by Crippen LogP contribution is 2.12.